The summed E-state index contributed by atoms with van der Waals surface area (Å²) in [6, 6.07) is 67.7. The minimum absolute atomic E-state index is 0.561. The number of nitrogens with zero attached hydrogens (tertiary/aromatic N) is 4. The maximum atomic E-state index is 9.80. The van der Waals surface area contributed by atoms with Crippen LogP contribution in [0.25, 0.3) is 92.2 Å². The Kier molecular flexibility index (Phi) is 7.90. The van der Waals surface area contributed by atoms with Gasteiger partial charge in [0.15, 0.2) is 16.9 Å². The summed E-state index contributed by atoms with van der Waals surface area (Å²) < 4.78 is 20.5. The molecule has 0 bridgehead atoms. The van der Waals surface area contributed by atoms with Crippen molar-refractivity contribution in [2.45, 2.75) is 0 Å². The number of rotatable bonds is 6. The molecule has 3 heterocycles. The Hall–Kier alpha value is -9.30. The van der Waals surface area contributed by atoms with Crippen molar-refractivity contribution in [2.24, 2.45) is 0 Å². The van der Waals surface area contributed by atoms with Crippen LogP contribution in [0, 0.1) is 17.9 Å². The summed E-state index contributed by atoms with van der Waals surface area (Å²) in [4.78, 5) is 8.17. The Morgan fingerprint density at radius 1 is 0.385 bits per heavy atom. The van der Waals surface area contributed by atoms with Gasteiger partial charge in [0.25, 0.3) is 0 Å². The van der Waals surface area contributed by atoms with Gasteiger partial charge in [0.2, 0.25) is 0 Å². The molecule has 302 valence electrons. The monoisotopic (exact) mass is 832 g/mol. The first-order valence-corrected chi connectivity index (χ1v) is 21.3. The van der Waals surface area contributed by atoms with Crippen LogP contribution in [0.2, 0.25) is 0 Å². The molecule has 0 aliphatic rings. The average Bonchev–Trinajstić information content (AvgIpc) is 4.07. The lowest BCUT2D eigenvalue weighted by Crippen LogP contribution is -2.11. The average molecular weight is 833 g/mol. The number of anilines is 6. The lowest BCUT2D eigenvalue weighted by atomic mass is 9.97. The van der Waals surface area contributed by atoms with Crippen molar-refractivity contribution in [3.05, 3.63) is 211 Å². The summed E-state index contributed by atoms with van der Waals surface area (Å²) in [7, 11) is 0. The molecule has 0 saturated carbocycles. The normalized spacial score (nSPS) is 11.7. The maximum absolute atomic E-state index is 9.80. The quantitative estimate of drug-likeness (QED) is 0.155. The molecule has 0 N–H and O–H groups in total. The van der Waals surface area contributed by atoms with E-state index in [1.54, 1.807) is 0 Å². The van der Waals surface area contributed by atoms with Crippen molar-refractivity contribution in [2.75, 3.05) is 9.80 Å². The molecule has 0 spiro atoms. The number of para-hydroxylation sites is 4. The van der Waals surface area contributed by atoms with Gasteiger partial charge in [-0.2, -0.15) is 5.26 Å². The van der Waals surface area contributed by atoms with E-state index in [0.717, 1.165) is 121 Å². The highest BCUT2D eigenvalue weighted by molar-refractivity contribution is 6.28. The van der Waals surface area contributed by atoms with E-state index in [-0.39, 0.29) is 0 Å². The van der Waals surface area contributed by atoms with Crippen molar-refractivity contribution >= 4 is 127 Å². The largest absolute Gasteiger partial charge is 0.455 e. The van der Waals surface area contributed by atoms with Crippen LogP contribution in [-0.4, -0.2) is 0 Å². The number of fused-ring (bicyclic) bond motifs is 13. The Balaban J connectivity index is 1.11. The van der Waals surface area contributed by atoms with Crippen LogP contribution >= 0.6 is 0 Å². The summed E-state index contributed by atoms with van der Waals surface area (Å²) >= 11 is 0. The van der Waals surface area contributed by atoms with Crippen LogP contribution in [0.3, 0.4) is 0 Å². The van der Waals surface area contributed by atoms with Crippen LogP contribution in [0.4, 0.5) is 39.8 Å². The van der Waals surface area contributed by atoms with E-state index in [0.29, 0.717) is 11.3 Å². The summed E-state index contributed by atoms with van der Waals surface area (Å²) in [5.74, 6) is 0. The molecular formula is C58H32N4O3. The molecule has 0 radical (unpaired) electrons. The van der Waals surface area contributed by atoms with Crippen molar-refractivity contribution in [3.63, 3.8) is 0 Å². The summed E-state index contributed by atoms with van der Waals surface area (Å²) in [6.07, 6.45) is 0. The maximum Gasteiger partial charge on any atom is 0.187 e. The zero-order valence-electron chi connectivity index (χ0n) is 34.5. The third-order valence-electron chi connectivity index (χ3n) is 12.7. The highest BCUT2D eigenvalue weighted by Gasteiger charge is 2.27. The number of hydrogen-bond donors (Lipinski definition) is 0. The second-order valence-corrected chi connectivity index (χ2v) is 16.2. The van der Waals surface area contributed by atoms with Crippen LogP contribution in [0.15, 0.2) is 207 Å². The Bertz CT molecular complexity index is 4160. The summed E-state index contributed by atoms with van der Waals surface area (Å²) in [6.45, 7) is 7.72. The molecule has 0 unspecified atom stereocenters. The molecule has 0 fully saturated rings. The fourth-order valence-electron chi connectivity index (χ4n) is 9.79. The SMILES string of the molecule is [C-]#[N+]c1ccc(N(c2cc3c(oc4cc(N(c5ccc(C#N)cc5)c5cccc6c5oc5ccccc56)c5ccccc5c43)c3ccccc23)c2cccc3c2oc2ccccc23)cc1. The molecule has 0 amide bonds. The molecule has 65 heavy (non-hydrogen) atoms. The van der Waals surface area contributed by atoms with E-state index >= 15 is 0 Å². The van der Waals surface area contributed by atoms with Gasteiger partial charge >= 0.3 is 0 Å². The van der Waals surface area contributed by atoms with Crippen LogP contribution in [-0.2, 0) is 0 Å². The topological polar surface area (TPSA) is 74.1 Å². The third-order valence-corrected chi connectivity index (χ3v) is 12.7. The Morgan fingerprint density at radius 2 is 0.831 bits per heavy atom. The summed E-state index contributed by atoms with van der Waals surface area (Å²) in [5.41, 5.74) is 11.1. The third kappa shape index (κ3) is 5.47. The molecule has 3 aromatic heterocycles. The van der Waals surface area contributed by atoms with Gasteiger partial charge < -0.3 is 23.1 Å². The molecule has 10 aromatic carbocycles. The minimum Gasteiger partial charge on any atom is -0.455 e. The van der Waals surface area contributed by atoms with Crippen LogP contribution in [0.1, 0.15) is 5.56 Å². The standard InChI is InChI=1S/C58H32N4O3/c1-60-36-26-30-38(31-27-36)61(48-20-10-18-45-41-14-6-8-22-52(41)63-57(45)48)50-32-47-55-43-16-4-2-12-39(43)51(33-54(55)65-56(47)44-17-5-3-13-40(44)50)62(37-28-24-35(34-59)25-29-37)49-21-11-19-46-42-15-7-9-23-53(42)64-58(46)49/h2-33H. The number of furan rings is 3. The van der Waals surface area contributed by atoms with E-state index in [9.17, 15) is 5.26 Å². The molecule has 7 nitrogen and oxygen atoms in total. The van der Waals surface area contributed by atoms with Gasteiger partial charge in [0.05, 0.1) is 41.0 Å². The van der Waals surface area contributed by atoms with Crippen LogP contribution < -0.4 is 9.80 Å². The first kappa shape index (κ1) is 36.4. The molecule has 0 saturated heterocycles. The zero-order valence-corrected chi connectivity index (χ0v) is 34.5. The van der Waals surface area contributed by atoms with Crippen molar-refractivity contribution < 1.29 is 13.3 Å². The van der Waals surface area contributed by atoms with Gasteiger partial charge in [-0.25, -0.2) is 4.85 Å². The number of benzene rings is 10. The predicted octanol–water partition coefficient (Wildman–Crippen LogP) is 17.1. The highest BCUT2D eigenvalue weighted by atomic mass is 16.3. The number of hydrogen-bond acceptors (Lipinski definition) is 6. The first-order valence-electron chi connectivity index (χ1n) is 21.3. The molecule has 0 aliphatic carbocycles. The minimum atomic E-state index is 0.561. The molecule has 0 atom stereocenters. The van der Waals surface area contributed by atoms with Gasteiger partial charge in [-0.05, 0) is 72.1 Å². The molecule has 13 rings (SSSR count). The zero-order chi connectivity index (χ0) is 43.2. The molecule has 7 heteroatoms. The Labute approximate surface area is 371 Å². The first-order chi connectivity index (χ1) is 32.1. The highest BCUT2D eigenvalue weighted by Crippen LogP contribution is 2.51. The fraction of sp³-hybridized carbons (Fsp3) is 0. The smallest absolute Gasteiger partial charge is 0.187 e. The van der Waals surface area contributed by atoms with Gasteiger partial charge in [-0.15, -0.1) is 0 Å². The molecule has 0 aliphatic heterocycles. The fourth-order valence-corrected chi connectivity index (χ4v) is 9.79. The van der Waals surface area contributed by atoms with Crippen molar-refractivity contribution in [1.29, 1.82) is 5.26 Å². The van der Waals surface area contributed by atoms with Gasteiger partial charge in [-0.3, -0.25) is 0 Å². The van der Waals surface area contributed by atoms with E-state index in [4.69, 9.17) is 19.8 Å². The molecular weight excluding hydrogens is 801 g/mol. The summed E-state index contributed by atoms with van der Waals surface area (Å²) in [5, 5.41) is 19.8. The predicted molar refractivity (Wildman–Crippen MR) is 264 cm³/mol. The lowest BCUT2D eigenvalue weighted by Gasteiger charge is -2.27. The van der Waals surface area contributed by atoms with E-state index < -0.39 is 0 Å². The molecule has 13 aromatic rings. The second kappa shape index (κ2) is 14.1. The van der Waals surface area contributed by atoms with E-state index in [1.165, 1.54) is 0 Å². The van der Waals surface area contributed by atoms with Gasteiger partial charge in [0, 0.05) is 65.9 Å². The van der Waals surface area contributed by atoms with Gasteiger partial charge in [-0.1, -0.05) is 121 Å². The Morgan fingerprint density at radius 3 is 1.40 bits per heavy atom. The van der Waals surface area contributed by atoms with Crippen molar-refractivity contribution in [1.82, 2.24) is 0 Å². The lowest BCUT2D eigenvalue weighted by molar-refractivity contribution is 0.668. The van der Waals surface area contributed by atoms with E-state index in [1.807, 2.05) is 84.9 Å². The van der Waals surface area contributed by atoms with Crippen molar-refractivity contribution in [3.8, 4) is 6.07 Å². The second-order valence-electron chi connectivity index (χ2n) is 16.2. The van der Waals surface area contributed by atoms with E-state index in [2.05, 4.69) is 130 Å². The number of nitriles is 1. The van der Waals surface area contributed by atoms with Crippen LogP contribution in [0.5, 0.6) is 0 Å². The van der Waals surface area contributed by atoms with Gasteiger partial charge in [0.1, 0.15) is 22.3 Å².